The normalized spacial score (nSPS) is 11.9. The second-order valence-corrected chi connectivity index (χ2v) is 6.68. The van der Waals surface area contributed by atoms with Gasteiger partial charge in [0.1, 0.15) is 0 Å². The van der Waals surface area contributed by atoms with E-state index in [1.807, 2.05) is 61.5 Å². The molecule has 6 heteroatoms. The first-order chi connectivity index (χ1) is 14.2. The number of hydrogen-bond donors (Lipinski definition) is 1. The molecule has 29 heavy (non-hydrogen) atoms. The summed E-state index contributed by atoms with van der Waals surface area (Å²) in [5.41, 5.74) is 2.65. The zero-order valence-electron chi connectivity index (χ0n) is 16.0. The Balaban J connectivity index is 1.52. The number of nitrogens with zero attached hydrogens (tertiary/aromatic N) is 2. The zero-order chi connectivity index (χ0) is 20.1. The van der Waals surface area contributed by atoms with Crippen molar-refractivity contribution in [1.82, 2.24) is 10.1 Å². The lowest BCUT2D eigenvalue weighted by molar-refractivity contribution is -0.117. The average Bonchev–Trinajstić information content (AvgIpc) is 3.43. The second kappa shape index (κ2) is 8.56. The molecule has 0 saturated carbocycles. The molecule has 0 radical (unpaired) electrons. The van der Waals surface area contributed by atoms with Crippen LogP contribution in [0.15, 0.2) is 81.9 Å². The van der Waals surface area contributed by atoms with Gasteiger partial charge in [0.25, 0.3) is 0 Å². The van der Waals surface area contributed by atoms with Crippen LogP contribution in [0.1, 0.15) is 36.3 Å². The maximum absolute atomic E-state index is 12.9. The van der Waals surface area contributed by atoms with E-state index in [1.54, 1.807) is 18.4 Å². The molecule has 0 aliphatic carbocycles. The summed E-state index contributed by atoms with van der Waals surface area (Å²) in [4.78, 5) is 17.3. The molecule has 146 valence electrons. The molecule has 0 bridgehead atoms. The largest absolute Gasteiger partial charge is 0.461 e. The summed E-state index contributed by atoms with van der Waals surface area (Å²) in [6, 6.07) is 21.0. The molecule has 2 aromatic heterocycles. The molecular formula is C23H21N3O3. The lowest BCUT2D eigenvalue weighted by Crippen LogP contribution is -2.21. The minimum absolute atomic E-state index is 0.0343. The molecule has 0 aliphatic rings. The molecule has 0 spiro atoms. The van der Waals surface area contributed by atoms with Gasteiger partial charge in [0.15, 0.2) is 5.76 Å². The summed E-state index contributed by atoms with van der Waals surface area (Å²) in [7, 11) is 0. The molecular weight excluding hydrogens is 366 g/mol. The van der Waals surface area contributed by atoms with Crippen LogP contribution >= 0.6 is 0 Å². The summed E-state index contributed by atoms with van der Waals surface area (Å²) < 4.78 is 10.7. The standard InChI is InChI=1S/C23H21N3O3/c1-2-18(16-9-4-3-5-10-16)23(27)24-19-12-7-6-11-17(19)15-21-25-22(26-29-21)20-13-8-14-28-20/h3-14,18H,2,15H2,1H3,(H,24,27)/t18-/m0/s1. The maximum atomic E-state index is 12.9. The fraction of sp³-hybridized carbons (Fsp3) is 0.174. The Bertz CT molecular complexity index is 1070. The fourth-order valence-electron chi connectivity index (χ4n) is 3.27. The highest BCUT2D eigenvalue weighted by molar-refractivity contribution is 5.96. The van der Waals surface area contributed by atoms with Gasteiger partial charge in [-0.1, -0.05) is 60.6 Å². The SMILES string of the molecule is CC[C@H](C(=O)Nc1ccccc1Cc1nc(-c2ccco2)no1)c1ccccc1. The molecule has 4 aromatic rings. The third kappa shape index (κ3) is 4.27. The maximum Gasteiger partial charge on any atom is 0.238 e. The molecule has 6 nitrogen and oxygen atoms in total. The van der Waals surface area contributed by atoms with Crippen molar-refractivity contribution in [2.75, 3.05) is 5.32 Å². The van der Waals surface area contributed by atoms with Crippen molar-refractivity contribution < 1.29 is 13.7 Å². The second-order valence-electron chi connectivity index (χ2n) is 6.68. The summed E-state index contributed by atoms with van der Waals surface area (Å²) in [5, 5.41) is 7.03. The van der Waals surface area contributed by atoms with E-state index >= 15 is 0 Å². The van der Waals surface area contributed by atoms with E-state index in [0.29, 0.717) is 30.3 Å². The number of para-hydroxylation sites is 1. The number of amides is 1. The quantitative estimate of drug-likeness (QED) is 0.480. The van der Waals surface area contributed by atoms with Gasteiger partial charge in [0.2, 0.25) is 17.6 Å². The summed E-state index contributed by atoms with van der Waals surface area (Å²) in [6.45, 7) is 2.01. The Morgan fingerprint density at radius 1 is 1.03 bits per heavy atom. The van der Waals surface area contributed by atoms with Gasteiger partial charge in [-0.25, -0.2) is 0 Å². The first-order valence-corrected chi connectivity index (χ1v) is 9.54. The van der Waals surface area contributed by atoms with Gasteiger partial charge in [0.05, 0.1) is 18.6 Å². The minimum atomic E-state index is -0.210. The van der Waals surface area contributed by atoms with Crippen LogP contribution < -0.4 is 5.32 Å². The monoisotopic (exact) mass is 387 g/mol. The smallest absolute Gasteiger partial charge is 0.238 e. The number of benzene rings is 2. The molecule has 1 amide bonds. The van der Waals surface area contributed by atoms with Gasteiger partial charge >= 0.3 is 0 Å². The van der Waals surface area contributed by atoms with E-state index in [2.05, 4.69) is 15.5 Å². The molecule has 0 saturated heterocycles. The van der Waals surface area contributed by atoms with E-state index in [1.165, 1.54) is 0 Å². The van der Waals surface area contributed by atoms with Crippen molar-refractivity contribution in [2.24, 2.45) is 0 Å². The third-order valence-corrected chi connectivity index (χ3v) is 4.75. The number of nitrogens with one attached hydrogen (secondary N) is 1. The first-order valence-electron chi connectivity index (χ1n) is 9.54. The Hall–Kier alpha value is -3.67. The number of carbonyl (C=O) groups is 1. The summed E-state index contributed by atoms with van der Waals surface area (Å²) in [5.74, 6) is 1.16. The predicted molar refractivity (Wildman–Crippen MR) is 109 cm³/mol. The molecule has 0 fully saturated rings. The van der Waals surface area contributed by atoms with Crippen LogP contribution in [0.4, 0.5) is 5.69 Å². The van der Waals surface area contributed by atoms with Gasteiger partial charge < -0.3 is 14.3 Å². The number of hydrogen-bond acceptors (Lipinski definition) is 5. The van der Waals surface area contributed by atoms with Crippen molar-refractivity contribution in [3.63, 3.8) is 0 Å². The van der Waals surface area contributed by atoms with E-state index in [4.69, 9.17) is 8.94 Å². The number of carbonyl (C=O) groups excluding carboxylic acids is 1. The van der Waals surface area contributed by atoms with Crippen LogP contribution in [0.2, 0.25) is 0 Å². The lowest BCUT2D eigenvalue weighted by atomic mass is 9.95. The third-order valence-electron chi connectivity index (χ3n) is 4.75. The molecule has 2 heterocycles. The van der Waals surface area contributed by atoms with E-state index in [9.17, 15) is 4.79 Å². The molecule has 0 aliphatic heterocycles. The predicted octanol–water partition coefficient (Wildman–Crippen LogP) is 5.05. The first kappa shape index (κ1) is 18.7. The molecule has 1 atom stereocenters. The summed E-state index contributed by atoms with van der Waals surface area (Å²) >= 11 is 0. The molecule has 4 rings (SSSR count). The van der Waals surface area contributed by atoms with E-state index in [0.717, 1.165) is 16.8 Å². The average molecular weight is 387 g/mol. The summed E-state index contributed by atoms with van der Waals surface area (Å²) in [6.07, 6.45) is 2.69. The van der Waals surface area contributed by atoms with Crippen LogP contribution in [0.3, 0.4) is 0 Å². The van der Waals surface area contributed by atoms with Crippen molar-refractivity contribution in [3.05, 3.63) is 90.0 Å². The van der Waals surface area contributed by atoms with E-state index < -0.39 is 0 Å². The Labute approximate surface area is 168 Å². The van der Waals surface area contributed by atoms with Crippen LogP contribution in [-0.2, 0) is 11.2 Å². The number of rotatable bonds is 7. The van der Waals surface area contributed by atoms with Crippen LogP contribution in [0, 0.1) is 0 Å². The van der Waals surface area contributed by atoms with Gasteiger partial charge in [-0.15, -0.1) is 0 Å². The van der Waals surface area contributed by atoms with Gasteiger partial charge in [-0.05, 0) is 35.7 Å². The highest BCUT2D eigenvalue weighted by Gasteiger charge is 2.20. The number of anilines is 1. The van der Waals surface area contributed by atoms with Crippen LogP contribution in [-0.4, -0.2) is 16.0 Å². The highest BCUT2D eigenvalue weighted by atomic mass is 16.5. The van der Waals surface area contributed by atoms with Crippen molar-refractivity contribution in [1.29, 1.82) is 0 Å². The number of furan rings is 1. The Morgan fingerprint density at radius 2 is 1.83 bits per heavy atom. The fourth-order valence-corrected chi connectivity index (χ4v) is 3.27. The van der Waals surface area contributed by atoms with Crippen LogP contribution in [0.25, 0.3) is 11.6 Å². The Kier molecular flexibility index (Phi) is 5.52. The van der Waals surface area contributed by atoms with Gasteiger partial charge in [-0.2, -0.15) is 4.98 Å². The number of aromatic nitrogens is 2. The minimum Gasteiger partial charge on any atom is -0.461 e. The molecule has 2 aromatic carbocycles. The highest BCUT2D eigenvalue weighted by Crippen LogP contribution is 2.25. The van der Waals surface area contributed by atoms with Gasteiger partial charge in [0, 0.05) is 5.69 Å². The zero-order valence-corrected chi connectivity index (χ0v) is 16.0. The van der Waals surface area contributed by atoms with E-state index in [-0.39, 0.29) is 11.8 Å². The van der Waals surface area contributed by atoms with Gasteiger partial charge in [-0.3, -0.25) is 4.79 Å². The Morgan fingerprint density at radius 3 is 2.59 bits per heavy atom. The van der Waals surface area contributed by atoms with Crippen molar-refractivity contribution >= 4 is 11.6 Å². The van der Waals surface area contributed by atoms with Crippen molar-refractivity contribution in [2.45, 2.75) is 25.7 Å². The molecule has 0 unspecified atom stereocenters. The molecule has 1 N–H and O–H groups in total. The van der Waals surface area contributed by atoms with Crippen molar-refractivity contribution in [3.8, 4) is 11.6 Å². The lowest BCUT2D eigenvalue weighted by Gasteiger charge is -2.17. The van der Waals surface area contributed by atoms with Crippen LogP contribution in [0.5, 0.6) is 0 Å². The topological polar surface area (TPSA) is 81.2 Å².